The van der Waals surface area contributed by atoms with E-state index in [1.54, 1.807) is 0 Å². The van der Waals surface area contributed by atoms with Gasteiger partial charge in [0.2, 0.25) is 0 Å². The Balaban J connectivity index is 1.48. The predicted octanol–water partition coefficient (Wildman–Crippen LogP) is 16.5. The molecule has 4 heteroatoms. The third-order valence-corrected chi connectivity index (χ3v) is 12.8. The van der Waals surface area contributed by atoms with Crippen LogP contribution in [0.2, 0.25) is 0 Å². The van der Waals surface area contributed by atoms with Crippen LogP contribution in [0, 0.1) is 0 Å². The van der Waals surface area contributed by atoms with Gasteiger partial charge < -0.3 is 9.97 Å². The topological polar surface area (TPSA) is 57.4 Å². The Morgan fingerprint density at radius 3 is 0.797 bits per heavy atom. The molecule has 2 N–H and O–H groups in total. The van der Waals surface area contributed by atoms with E-state index in [1.807, 2.05) is 0 Å². The fraction of sp³-hybridized carbons (Fsp3) is 0.267. The molecule has 0 atom stereocenters. The van der Waals surface area contributed by atoms with Gasteiger partial charge in [-0.2, -0.15) is 0 Å². The van der Waals surface area contributed by atoms with Gasteiger partial charge in [-0.3, -0.25) is 0 Å². The number of nitrogens with one attached hydrogen (secondary N) is 2. The number of nitrogens with zero attached hydrogens (tertiary/aromatic N) is 2. The lowest BCUT2D eigenvalue weighted by Crippen LogP contribution is -2.16. The van der Waals surface area contributed by atoms with Crippen molar-refractivity contribution in [3.8, 4) is 44.5 Å². The van der Waals surface area contributed by atoms with Crippen molar-refractivity contribution in [3.05, 3.63) is 166 Å². The highest BCUT2D eigenvalue weighted by atomic mass is 14.8. The quantitative estimate of drug-likeness (QED) is 0.185. The van der Waals surface area contributed by atoms with E-state index in [1.165, 1.54) is 22.3 Å². The zero-order valence-electron chi connectivity index (χ0n) is 39.8. The van der Waals surface area contributed by atoms with Crippen LogP contribution in [0.25, 0.3) is 90.9 Å². The maximum absolute atomic E-state index is 5.61. The lowest BCUT2D eigenvalue weighted by Gasteiger charge is -2.26. The molecule has 64 heavy (non-hydrogen) atoms. The van der Waals surface area contributed by atoms with Crippen LogP contribution in [-0.4, -0.2) is 19.9 Å². The SMILES string of the molecule is CC(C)(C)c1cc(-c2c3nc(c(-c4ccccc4)c4ccc([nH]4)c(-c4cc(C(C)(C)C)cc(C(C)(C)C)c4)c4nc(c(-c5ccccc5)c5ccc2[nH]5)C=C4)C=C3)cc(C(C)(C)C)c1. The second-order valence-electron chi connectivity index (χ2n) is 21.8. The Kier molecular flexibility index (Phi) is 10.4. The maximum atomic E-state index is 5.61. The van der Waals surface area contributed by atoms with E-state index < -0.39 is 0 Å². The van der Waals surface area contributed by atoms with Crippen LogP contribution in [0.15, 0.2) is 121 Å². The van der Waals surface area contributed by atoms with Crippen molar-refractivity contribution in [3.63, 3.8) is 0 Å². The molecule has 0 spiro atoms. The zero-order valence-corrected chi connectivity index (χ0v) is 39.8. The van der Waals surface area contributed by atoms with Crippen LogP contribution < -0.4 is 0 Å². The number of hydrogen-bond acceptors (Lipinski definition) is 2. The Labute approximate surface area is 380 Å². The Morgan fingerprint density at radius 1 is 0.297 bits per heavy atom. The molecular weight excluding hydrogens is 777 g/mol. The maximum Gasteiger partial charge on any atom is 0.0737 e. The van der Waals surface area contributed by atoms with Crippen LogP contribution >= 0.6 is 0 Å². The number of aromatic amines is 2. The Morgan fingerprint density at radius 2 is 0.547 bits per heavy atom. The largest absolute Gasteiger partial charge is 0.354 e. The van der Waals surface area contributed by atoms with Crippen molar-refractivity contribution in [1.29, 1.82) is 0 Å². The molecule has 0 unspecified atom stereocenters. The third-order valence-electron chi connectivity index (χ3n) is 12.8. The van der Waals surface area contributed by atoms with Crippen LogP contribution in [-0.2, 0) is 21.7 Å². The molecule has 2 aliphatic rings. The summed E-state index contributed by atoms with van der Waals surface area (Å²) in [5.41, 5.74) is 21.3. The number of rotatable bonds is 4. The van der Waals surface area contributed by atoms with Gasteiger partial charge in [-0.1, -0.05) is 180 Å². The molecule has 4 nitrogen and oxygen atoms in total. The van der Waals surface area contributed by atoms with Crippen LogP contribution in [0.5, 0.6) is 0 Å². The van der Waals surface area contributed by atoms with Crippen molar-refractivity contribution < 1.29 is 0 Å². The highest BCUT2D eigenvalue weighted by Gasteiger charge is 2.26. The van der Waals surface area contributed by atoms with E-state index in [-0.39, 0.29) is 21.7 Å². The summed E-state index contributed by atoms with van der Waals surface area (Å²) in [6.07, 6.45) is 8.79. The highest BCUT2D eigenvalue weighted by Crippen LogP contribution is 2.42. The van der Waals surface area contributed by atoms with E-state index >= 15 is 0 Å². The predicted molar refractivity (Wildman–Crippen MR) is 275 cm³/mol. The normalized spacial score (nSPS) is 13.2. The summed E-state index contributed by atoms with van der Waals surface area (Å²) in [6.45, 7) is 27.6. The van der Waals surface area contributed by atoms with Gasteiger partial charge in [0.1, 0.15) is 0 Å². The molecule has 3 aromatic heterocycles. The van der Waals surface area contributed by atoms with E-state index in [2.05, 4.69) is 239 Å². The van der Waals surface area contributed by atoms with E-state index in [0.29, 0.717) is 0 Å². The molecule has 0 radical (unpaired) electrons. The van der Waals surface area contributed by atoms with Gasteiger partial charge in [-0.25, -0.2) is 9.97 Å². The summed E-state index contributed by atoms with van der Waals surface area (Å²) in [5.74, 6) is 0. The van der Waals surface area contributed by atoms with Crippen molar-refractivity contribution >= 4 is 46.4 Å². The minimum Gasteiger partial charge on any atom is -0.354 e. The summed E-state index contributed by atoms with van der Waals surface area (Å²) < 4.78 is 0. The van der Waals surface area contributed by atoms with Crippen molar-refractivity contribution in [2.24, 2.45) is 0 Å². The van der Waals surface area contributed by atoms with Gasteiger partial charge >= 0.3 is 0 Å². The minimum absolute atomic E-state index is 0.0619. The van der Waals surface area contributed by atoms with Crippen LogP contribution in [0.3, 0.4) is 0 Å². The van der Waals surface area contributed by atoms with Crippen molar-refractivity contribution in [1.82, 2.24) is 19.9 Å². The van der Waals surface area contributed by atoms with Gasteiger partial charge in [0, 0.05) is 44.3 Å². The first-order valence-electron chi connectivity index (χ1n) is 22.8. The molecule has 9 rings (SSSR count). The van der Waals surface area contributed by atoms with Gasteiger partial charge in [0.15, 0.2) is 0 Å². The molecule has 0 amide bonds. The molecule has 0 fully saturated rings. The van der Waals surface area contributed by atoms with Gasteiger partial charge in [-0.05, 0) is 115 Å². The molecule has 4 aromatic carbocycles. The summed E-state index contributed by atoms with van der Waals surface area (Å²) in [6, 6.07) is 44.5. The molecule has 0 saturated carbocycles. The summed E-state index contributed by atoms with van der Waals surface area (Å²) >= 11 is 0. The average Bonchev–Trinajstić information content (AvgIpc) is 4.08. The number of hydrogen-bond donors (Lipinski definition) is 2. The molecular formula is C60H62N4. The molecule has 0 saturated heterocycles. The monoisotopic (exact) mass is 838 g/mol. The Hall–Kier alpha value is -6.52. The first-order valence-corrected chi connectivity index (χ1v) is 22.8. The first-order chi connectivity index (χ1) is 30.2. The lowest BCUT2D eigenvalue weighted by molar-refractivity contribution is 0.568. The first kappa shape index (κ1) is 42.8. The third kappa shape index (κ3) is 8.23. The summed E-state index contributed by atoms with van der Waals surface area (Å²) in [7, 11) is 0. The van der Waals surface area contributed by atoms with E-state index in [9.17, 15) is 0 Å². The molecule has 322 valence electrons. The van der Waals surface area contributed by atoms with Crippen LogP contribution in [0.1, 0.15) is 128 Å². The van der Waals surface area contributed by atoms with E-state index in [0.717, 1.165) is 89.4 Å². The fourth-order valence-electron chi connectivity index (χ4n) is 8.91. The summed E-state index contributed by atoms with van der Waals surface area (Å²) in [4.78, 5) is 19.2. The lowest BCUT2D eigenvalue weighted by atomic mass is 9.78. The molecule has 5 heterocycles. The molecule has 0 aliphatic carbocycles. The Bertz CT molecular complexity index is 2880. The zero-order chi connectivity index (χ0) is 45.3. The van der Waals surface area contributed by atoms with Crippen molar-refractivity contribution in [2.75, 3.05) is 0 Å². The smallest absolute Gasteiger partial charge is 0.0737 e. The molecule has 2 aliphatic heterocycles. The van der Waals surface area contributed by atoms with Gasteiger partial charge in [0.25, 0.3) is 0 Å². The minimum atomic E-state index is -0.0619. The van der Waals surface area contributed by atoms with Crippen molar-refractivity contribution in [2.45, 2.75) is 105 Å². The number of aromatic nitrogens is 4. The second kappa shape index (κ2) is 15.6. The number of H-pyrrole nitrogens is 2. The summed E-state index contributed by atoms with van der Waals surface area (Å²) in [5, 5.41) is 0. The highest BCUT2D eigenvalue weighted by molar-refractivity contribution is 6.00. The second-order valence-corrected chi connectivity index (χ2v) is 21.8. The standard InChI is InChI=1S/C60H62N4/c1-57(2,3)41-31-39(32-42(35-41)58(4,5)6)55-49-27-23-45(61-49)53(37-19-15-13-16-20-37)47-25-29-51(63-47)56(40-33-43(59(7,8)9)36-44(34-40)60(10,11)12)52-30-26-48(64-52)54(38-21-17-14-18-22-38)46-24-28-50(55)62-46/h13-36,61,64H,1-12H3. The molecule has 7 aromatic rings. The number of fused-ring (bicyclic) bond motifs is 8. The van der Waals surface area contributed by atoms with Crippen LogP contribution in [0.4, 0.5) is 0 Å². The average molecular weight is 839 g/mol. The number of benzene rings is 4. The molecule has 8 bridgehead atoms. The van der Waals surface area contributed by atoms with E-state index in [4.69, 9.17) is 9.97 Å². The van der Waals surface area contributed by atoms with Gasteiger partial charge in [-0.15, -0.1) is 0 Å². The van der Waals surface area contributed by atoms with Gasteiger partial charge in [0.05, 0.1) is 22.8 Å². The fourth-order valence-corrected chi connectivity index (χ4v) is 8.91.